The van der Waals surface area contributed by atoms with Gasteiger partial charge in [-0.05, 0) is 18.9 Å². The predicted octanol–water partition coefficient (Wildman–Crippen LogP) is 2.02. The molecule has 0 unspecified atom stereocenters. The van der Waals surface area contributed by atoms with Crippen LogP contribution in [0.1, 0.15) is 18.4 Å². The lowest BCUT2D eigenvalue weighted by Crippen LogP contribution is -2.38. The van der Waals surface area contributed by atoms with Crippen molar-refractivity contribution in [2.24, 2.45) is 0 Å². The van der Waals surface area contributed by atoms with Gasteiger partial charge in [0.2, 0.25) is 5.95 Å². The van der Waals surface area contributed by atoms with Crippen LogP contribution in [0.3, 0.4) is 0 Å². The van der Waals surface area contributed by atoms with Crippen LogP contribution in [-0.2, 0) is 9.47 Å². The van der Waals surface area contributed by atoms with E-state index in [1.165, 1.54) is 12.8 Å². The van der Waals surface area contributed by atoms with Gasteiger partial charge in [-0.15, -0.1) is 0 Å². The highest BCUT2D eigenvalue weighted by atomic mass is 16.5. The first-order chi connectivity index (χ1) is 17.8. The molecule has 0 radical (unpaired) electrons. The summed E-state index contributed by atoms with van der Waals surface area (Å²) in [4.78, 5) is 12.3. The molecule has 0 atom stereocenters. The van der Waals surface area contributed by atoms with Gasteiger partial charge < -0.3 is 34.6 Å². The highest BCUT2D eigenvalue weighted by molar-refractivity contribution is 5.69. The Morgan fingerprint density at radius 1 is 0.972 bits per heavy atom. The largest absolute Gasteiger partial charge is 0.491 e. The van der Waals surface area contributed by atoms with Gasteiger partial charge in [0.25, 0.3) is 0 Å². The number of nitriles is 1. The second-order valence-corrected chi connectivity index (χ2v) is 9.25. The number of ether oxygens (including phenoxy) is 4. The van der Waals surface area contributed by atoms with Crippen LogP contribution in [0.2, 0.25) is 0 Å². The normalized spacial score (nSPS) is 19.0. The molecule has 0 amide bonds. The smallest absolute Gasteiger partial charge is 0.206 e. The Morgan fingerprint density at radius 3 is 2.22 bits per heavy atom. The van der Waals surface area contributed by atoms with E-state index in [4.69, 9.17) is 18.9 Å². The number of morpholine rings is 2. The van der Waals surface area contributed by atoms with Gasteiger partial charge in [-0.2, -0.15) is 5.26 Å². The van der Waals surface area contributed by atoms with Gasteiger partial charge in [0.15, 0.2) is 0 Å². The zero-order valence-electron chi connectivity index (χ0n) is 20.6. The number of anilines is 3. The molecular formula is C25H35N7O4. The number of nitrogens with one attached hydrogen (secondary N) is 3. The Bertz CT molecular complexity index is 1020. The Kier molecular flexibility index (Phi) is 8.40. The molecule has 3 fully saturated rings. The number of benzene rings is 1. The average molecular weight is 498 g/mol. The van der Waals surface area contributed by atoms with E-state index in [2.05, 4.69) is 36.5 Å². The molecule has 3 heterocycles. The first kappa shape index (κ1) is 24.6. The fourth-order valence-corrected chi connectivity index (χ4v) is 4.24. The highest BCUT2D eigenvalue weighted by Gasteiger charge is 2.22. The monoisotopic (exact) mass is 497 g/mol. The third kappa shape index (κ3) is 7.01. The zero-order valence-corrected chi connectivity index (χ0v) is 20.6. The topological polar surface area (TPSA) is 120 Å². The molecule has 2 aromatic rings. The summed E-state index contributed by atoms with van der Waals surface area (Å²) in [5.41, 5.74) is 1.12. The van der Waals surface area contributed by atoms with Crippen molar-refractivity contribution in [2.45, 2.75) is 18.9 Å². The number of H-pyrrole nitrogens is 1. The minimum Gasteiger partial charge on any atom is -0.491 e. The van der Waals surface area contributed by atoms with Gasteiger partial charge in [-0.1, -0.05) is 0 Å². The number of hydrogen-bond acceptors (Lipinski definition) is 10. The van der Waals surface area contributed by atoms with E-state index in [1.807, 2.05) is 6.07 Å². The van der Waals surface area contributed by atoms with Crippen LogP contribution in [0.4, 0.5) is 17.5 Å². The molecule has 11 heteroatoms. The molecule has 1 saturated carbocycles. The quantitative estimate of drug-likeness (QED) is 0.402. The van der Waals surface area contributed by atoms with Crippen LogP contribution in [-0.4, -0.2) is 105 Å². The second-order valence-electron chi connectivity index (χ2n) is 9.25. The van der Waals surface area contributed by atoms with Crippen molar-refractivity contribution < 1.29 is 18.9 Å². The Hall–Kier alpha value is -3.04. The van der Waals surface area contributed by atoms with Crippen molar-refractivity contribution in [3.05, 3.63) is 23.9 Å². The number of nitrogens with zero attached hydrogens (tertiary/aromatic N) is 4. The first-order valence-corrected chi connectivity index (χ1v) is 12.8. The molecule has 194 valence electrons. The molecule has 3 N–H and O–H groups in total. The first-order valence-electron chi connectivity index (χ1n) is 12.8. The number of aromatic nitrogens is 2. The van der Waals surface area contributed by atoms with E-state index < -0.39 is 0 Å². The summed E-state index contributed by atoms with van der Waals surface area (Å²) in [6.07, 6.45) is 4.14. The lowest BCUT2D eigenvalue weighted by Gasteiger charge is -2.27. The Morgan fingerprint density at radius 2 is 1.61 bits per heavy atom. The number of aromatic amines is 1. The summed E-state index contributed by atoms with van der Waals surface area (Å²) < 4.78 is 23.1. The molecule has 0 bridgehead atoms. The van der Waals surface area contributed by atoms with Crippen LogP contribution in [0.5, 0.6) is 11.5 Å². The molecule has 36 heavy (non-hydrogen) atoms. The van der Waals surface area contributed by atoms with E-state index in [-0.39, 0.29) is 0 Å². The van der Waals surface area contributed by atoms with Crippen LogP contribution in [0, 0.1) is 11.3 Å². The Labute approximate surface area is 211 Å². The predicted molar refractivity (Wildman–Crippen MR) is 135 cm³/mol. The summed E-state index contributed by atoms with van der Waals surface area (Å²) in [7, 11) is 0. The van der Waals surface area contributed by atoms with Crippen molar-refractivity contribution in [1.29, 1.82) is 5.26 Å². The molecular weight excluding hydrogens is 462 g/mol. The maximum Gasteiger partial charge on any atom is 0.206 e. The number of rotatable bonds is 12. The summed E-state index contributed by atoms with van der Waals surface area (Å²) in [6.45, 7) is 9.18. The van der Waals surface area contributed by atoms with Crippen LogP contribution in [0.15, 0.2) is 18.3 Å². The van der Waals surface area contributed by atoms with Crippen molar-refractivity contribution in [3.63, 3.8) is 0 Å². The van der Waals surface area contributed by atoms with Crippen LogP contribution >= 0.6 is 0 Å². The maximum atomic E-state index is 9.83. The average Bonchev–Trinajstić information content (AvgIpc) is 3.62. The highest BCUT2D eigenvalue weighted by Crippen LogP contribution is 2.35. The summed E-state index contributed by atoms with van der Waals surface area (Å²) in [5, 5.41) is 16.5. The van der Waals surface area contributed by atoms with E-state index in [0.717, 1.165) is 71.5 Å². The van der Waals surface area contributed by atoms with Gasteiger partial charge >= 0.3 is 0 Å². The van der Waals surface area contributed by atoms with Crippen molar-refractivity contribution in [2.75, 3.05) is 89.5 Å². The molecule has 2 saturated heterocycles. The summed E-state index contributed by atoms with van der Waals surface area (Å²) in [6, 6.07) is 6.37. The molecule has 1 aliphatic carbocycles. The third-order valence-electron chi connectivity index (χ3n) is 6.51. The van der Waals surface area contributed by atoms with Crippen molar-refractivity contribution in [1.82, 2.24) is 19.8 Å². The lowest BCUT2D eigenvalue weighted by molar-refractivity contribution is 0.0319. The molecule has 2 aliphatic heterocycles. The second kappa shape index (κ2) is 12.3. The Balaban J connectivity index is 1.27. The number of imidazole rings is 1. The van der Waals surface area contributed by atoms with Crippen LogP contribution in [0.25, 0.3) is 0 Å². The molecule has 1 aromatic heterocycles. The van der Waals surface area contributed by atoms with E-state index in [1.54, 1.807) is 12.3 Å². The van der Waals surface area contributed by atoms with Crippen molar-refractivity contribution >= 4 is 17.5 Å². The number of hydrogen-bond donors (Lipinski definition) is 3. The third-order valence-corrected chi connectivity index (χ3v) is 6.51. The van der Waals surface area contributed by atoms with Gasteiger partial charge in [-0.3, -0.25) is 9.80 Å². The van der Waals surface area contributed by atoms with Crippen LogP contribution < -0.4 is 20.1 Å². The zero-order chi connectivity index (χ0) is 24.6. The van der Waals surface area contributed by atoms with Gasteiger partial charge in [0.05, 0.1) is 43.9 Å². The summed E-state index contributed by atoms with van der Waals surface area (Å²) >= 11 is 0. The minimum absolute atomic E-state index is 0.447. The SMILES string of the molecule is N#Cc1cc(Nc2ncc(NC3CC3)[nH]2)c(OCCN2CCOCC2)cc1OCCN1CCOCC1. The lowest BCUT2D eigenvalue weighted by atomic mass is 10.1. The fraction of sp³-hybridized carbons (Fsp3) is 0.600. The maximum absolute atomic E-state index is 9.83. The van der Waals surface area contributed by atoms with Crippen molar-refractivity contribution in [3.8, 4) is 17.6 Å². The van der Waals surface area contributed by atoms with E-state index >= 15 is 0 Å². The van der Waals surface area contributed by atoms with Gasteiger partial charge in [-0.25, -0.2) is 4.98 Å². The fourth-order valence-electron chi connectivity index (χ4n) is 4.24. The van der Waals surface area contributed by atoms with E-state index in [9.17, 15) is 5.26 Å². The minimum atomic E-state index is 0.447. The van der Waals surface area contributed by atoms with E-state index in [0.29, 0.717) is 48.0 Å². The summed E-state index contributed by atoms with van der Waals surface area (Å²) in [5.74, 6) is 2.60. The molecule has 1 aromatic carbocycles. The molecule has 3 aliphatic rings. The molecule has 11 nitrogen and oxygen atoms in total. The molecule has 5 rings (SSSR count). The molecule has 0 spiro atoms. The standard InChI is InChI=1S/C25H35N7O4/c26-17-19-15-21(29-25-27-18-24(30-25)28-20-1-2-20)23(36-14-8-32-5-11-34-12-6-32)16-22(19)35-13-7-31-3-9-33-10-4-31/h15-16,18,20,28H,1-14H2,(H2,27,29,30). The van der Waals surface area contributed by atoms with Gasteiger partial charge in [0.1, 0.15) is 36.6 Å². The van der Waals surface area contributed by atoms with Gasteiger partial charge in [0, 0.05) is 51.4 Å².